The number of aryl methyl sites for hydroxylation is 1. The lowest BCUT2D eigenvalue weighted by Gasteiger charge is -2.15. The van der Waals surface area contributed by atoms with Crippen molar-refractivity contribution in [2.24, 2.45) is 0 Å². The van der Waals surface area contributed by atoms with Gasteiger partial charge in [0.25, 0.3) is 10.0 Å². The van der Waals surface area contributed by atoms with Gasteiger partial charge in [0.2, 0.25) is 0 Å². The van der Waals surface area contributed by atoms with Gasteiger partial charge in [-0.3, -0.25) is 0 Å². The minimum Gasteiger partial charge on any atom is -0.229 e. The predicted octanol–water partition coefficient (Wildman–Crippen LogP) is 2.30. The summed E-state index contributed by atoms with van der Waals surface area (Å²) < 4.78 is 25.9. The fraction of sp³-hybridized carbons (Fsp3) is 0.444. The Bertz CT molecular complexity index is 508. The average Bonchev–Trinajstić information content (AvgIpc) is 2.44. The molecule has 1 aromatic rings. The third kappa shape index (κ3) is 2.82. The lowest BCUT2D eigenvalue weighted by atomic mass is 10.4. The van der Waals surface area contributed by atoms with E-state index in [1.54, 1.807) is 13.8 Å². The lowest BCUT2D eigenvalue weighted by Crippen LogP contribution is -2.28. The molecule has 16 heavy (non-hydrogen) atoms. The number of likely N-dealkylation sites (N-methyl/N-ethyl adjacent to an activating group) is 1. The van der Waals surface area contributed by atoms with Crippen molar-refractivity contribution in [2.45, 2.75) is 18.1 Å². The molecule has 0 N–H and O–H groups in total. The van der Waals surface area contributed by atoms with Crippen LogP contribution in [0.1, 0.15) is 12.6 Å². The topological polar surface area (TPSA) is 50.3 Å². The quantitative estimate of drug-likeness (QED) is 0.795. The maximum atomic E-state index is 12.1. The number of halogens is 1. The molecule has 7 heteroatoms. The first kappa shape index (κ1) is 13.6. The van der Waals surface area contributed by atoms with Gasteiger partial charge in [0.1, 0.15) is 0 Å². The van der Waals surface area contributed by atoms with Crippen molar-refractivity contribution in [3.8, 4) is 0 Å². The number of hydrogen-bond acceptors (Lipinski definition) is 4. The van der Waals surface area contributed by atoms with Gasteiger partial charge in [-0.25, -0.2) is 13.4 Å². The van der Waals surface area contributed by atoms with Crippen molar-refractivity contribution in [2.75, 3.05) is 13.6 Å². The van der Waals surface area contributed by atoms with E-state index in [1.165, 1.54) is 11.4 Å². The van der Waals surface area contributed by atoms with Gasteiger partial charge in [0.05, 0.1) is 5.69 Å². The summed E-state index contributed by atoms with van der Waals surface area (Å²) in [5, 5.41) is 0. The SMILES string of the molecule is C=C(C)CN(C)S(=O)(=O)c1sc(Cl)nc1C. The summed E-state index contributed by atoms with van der Waals surface area (Å²) in [6.07, 6.45) is 0. The Morgan fingerprint density at radius 3 is 2.56 bits per heavy atom. The predicted molar refractivity (Wildman–Crippen MR) is 66.5 cm³/mol. The van der Waals surface area contributed by atoms with E-state index in [2.05, 4.69) is 11.6 Å². The van der Waals surface area contributed by atoms with E-state index in [1.807, 2.05) is 0 Å². The standard InChI is InChI=1S/C9H13ClN2O2S2/c1-6(2)5-12(4)16(13,14)8-7(3)11-9(10)15-8/h1,5H2,2-4H3. The third-order valence-electron chi connectivity index (χ3n) is 1.87. The second kappa shape index (κ2) is 4.83. The van der Waals surface area contributed by atoms with Crippen molar-refractivity contribution < 1.29 is 8.42 Å². The third-order valence-corrected chi connectivity index (χ3v) is 5.52. The van der Waals surface area contributed by atoms with Crippen LogP contribution in [-0.2, 0) is 10.0 Å². The summed E-state index contributed by atoms with van der Waals surface area (Å²) in [5.41, 5.74) is 1.21. The minimum atomic E-state index is -3.50. The molecule has 0 aliphatic rings. The van der Waals surface area contributed by atoms with Crippen LogP contribution >= 0.6 is 22.9 Å². The highest BCUT2D eigenvalue weighted by atomic mass is 35.5. The molecular weight excluding hydrogens is 268 g/mol. The number of aromatic nitrogens is 1. The monoisotopic (exact) mass is 280 g/mol. The summed E-state index contributed by atoms with van der Waals surface area (Å²) in [6, 6.07) is 0. The summed E-state index contributed by atoms with van der Waals surface area (Å²) in [4.78, 5) is 3.89. The van der Waals surface area contributed by atoms with Crippen LogP contribution in [0.2, 0.25) is 4.47 Å². The molecule has 0 spiro atoms. The van der Waals surface area contributed by atoms with Crippen LogP contribution in [0.3, 0.4) is 0 Å². The highest BCUT2D eigenvalue weighted by molar-refractivity contribution is 7.91. The van der Waals surface area contributed by atoms with Gasteiger partial charge in [0, 0.05) is 13.6 Å². The fourth-order valence-corrected chi connectivity index (χ4v) is 4.35. The molecule has 0 fully saturated rings. The molecule has 90 valence electrons. The molecule has 0 aromatic carbocycles. The minimum absolute atomic E-state index is 0.196. The van der Waals surface area contributed by atoms with Gasteiger partial charge < -0.3 is 0 Å². The van der Waals surface area contributed by atoms with E-state index in [0.717, 1.165) is 16.9 Å². The zero-order valence-corrected chi connectivity index (χ0v) is 11.7. The molecule has 1 heterocycles. The Hall–Kier alpha value is -0.430. The molecule has 0 amide bonds. The van der Waals surface area contributed by atoms with Crippen LogP contribution < -0.4 is 0 Å². The van der Waals surface area contributed by atoms with Gasteiger partial charge in [-0.05, 0) is 13.8 Å². The molecule has 0 aliphatic carbocycles. The van der Waals surface area contributed by atoms with Crippen molar-refractivity contribution in [1.29, 1.82) is 0 Å². The number of thiazole rings is 1. The molecule has 0 aliphatic heterocycles. The van der Waals surface area contributed by atoms with Gasteiger partial charge in [-0.2, -0.15) is 4.31 Å². The Kier molecular flexibility index (Phi) is 4.12. The van der Waals surface area contributed by atoms with Crippen molar-refractivity contribution in [3.05, 3.63) is 22.3 Å². The molecule has 0 saturated heterocycles. The second-order valence-electron chi connectivity index (χ2n) is 3.56. The summed E-state index contributed by atoms with van der Waals surface area (Å²) in [6.45, 7) is 7.38. The van der Waals surface area contributed by atoms with Crippen LogP contribution in [0.25, 0.3) is 0 Å². The molecule has 0 unspecified atom stereocenters. The number of sulfonamides is 1. The van der Waals surface area contributed by atoms with Crippen LogP contribution in [0.15, 0.2) is 16.4 Å². The Balaban J connectivity index is 3.11. The van der Waals surface area contributed by atoms with Crippen LogP contribution in [-0.4, -0.2) is 31.3 Å². The van der Waals surface area contributed by atoms with Crippen molar-refractivity contribution in [3.63, 3.8) is 0 Å². The molecule has 0 bridgehead atoms. The van der Waals surface area contributed by atoms with Gasteiger partial charge in [-0.1, -0.05) is 35.1 Å². The van der Waals surface area contributed by atoms with Crippen LogP contribution in [0.4, 0.5) is 0 Å². The average molecular weight is 281 g/mol. The highest BCUT2D eigenvalue weighted by Gasteiger charge is 2.26. The van der Waals surface area contributed by atoms with Gasteiger partial charge in [0.15, 0.2) is 8.68 Å². The Morgan fingerprint density at radius 1 is 1.62 bits per heavy atom. The normalized spacial score (nSPS) is 12.1. The van der Waals surface area contributed by atoms with Gasteiger partial charge >= 0.3 is 0 Å². The van der Waals surface area contributed by atoms with E-state index >= 15 is 0 Å². The Morgan fingerprint density at radius 2 is 2.19 bits per heavy atom. The zero-order chi connectivity index (χ0) is 12.5. The van der Waals surface area contributed by atoms with E-state index in [4.69, 9.17) is 11.6 Å². The molecule has 0 radical (unpaired) electrons. The van der Waals surface area contributed by atoms with E-state index in [-0.39, 0.29) is 15.2 Å². The maximum absolute atomic E-state index is 12.1. The molecule has 0 atom stereocenters. The summed E-state index contributed by atoms with van der Waals surface area (Å²) in [7, 11) is -1.99. The smallest absolute Gasteiger partial charge is 0.229 e. The number of hydrogen-bond donors (Lipinski definition) is 0. The lowest BCUT2D eigenvalue weighted by molar-refractivity contribution is 0.494. The van der Waals surface area contributed by atoms with E-state index < -0.39 is 10.0 Å². The van der Waals surface area contributed by atoms with E-state index in [9.17, 15) is 8.42 Å². The van der Waals surface area contributed by atoms with Crippen LogP contribution in [0.5, 0.6) is 0 Å². The van der Waals surface area contributed by atoms with E-state index in [0.29, 0.717) is 5.69 Å². The summed E-state index contributed by atoms with van der Waals surface area (Å²) in [5.74, 6) is 0. The molecule has 1 rings (SSSR count). The largest absolute Gasteiger partial charge is 0.254 e. The number of nitrogens with zero attached hydrogens (tertiary/aromatic N) is 2. The Labute approximate surface area is 105 Å². The van der Waals surface area contributed by atoms with Crippen molar-refractivity contribution >= 4 is 33.0 Å². The highest BCUT2D eigenvalue weighted by Crippen LogP contribution is 2.28. The van der Waals surface area contributed by atoms with Gasteiger partial charge in [-0.15, -0.1) is 0 Å². The first-order valence-corrected chi connectivity index (χ1v) is 7.12. The van der Waals surface area contributed by atoms with Crippen molar-refractivity contribution in [1.82, 2.24) is 9.29 Å². The first-order valence-electron chi connectivity index (χ1n) is 4.49. The second-order valence-corrected chi connectivity index (χ2v) is 7.38. The number of rotatable bonds is 4. The fourth-order valence-electron chi connectivity index (χ4n) is 1.20. The summed E-state index contributed by atoms with van der Waals surface area (Å²) >= 11 is 6.66. The first-order chi connectivity index (χ1) is 7.25. The molecule has 0 saturated carbocycles. The zero-order valence-electron chi connectivity index (χ0n) is 9.32. The maximum Gasteiger partial charge on any atom is 0.254 e. The molecule has 4 nitrogen and oxygen atoms in total. The molecular formula is C9H13ClN2O2S2. The van der Waals surface area contributed by atoms with Crippen LogP contribution in [0, 0.1) is 6.92 Å². The molecule has 1 aromatic heterocycles.